The molecule has 4 heterocycles. The second-order valence-electron chi connectivity index (χ2n) is 6.43. The van der Waals surface area contributed by atoms with Gasteiger partial charge in [-0.2, -0.15) is 0 Å². The molecular weight excluding hydrogens is 330 g/mol. The van der Waals surface area contributed by atoms with E-state index in [1.54, 1.807) is 35.6 Å². The van der Waals surface area contributed by atoms with Crippen molar-refractivity contribution in [3.8, 4) is 5.82 Å². The van der Waals surface area contributed by atoms with E-state index in [2.05, 4.69) is 31.7 Å². The van der Waals surface area contributed by atoms with Crippen LogP contribution in [0.5, 0.6) is 0 Å². The Morgan fingerprint density at radius 2 is 2.08 bits per heavy atom. The monoisotopic (exact) mass is 351 g/mol. The summed E-state index contributed by atoms with van der Waals surface area (Å²) < 4.78 is 3.85. The predicted molar refractivity (Wildman–Crippen MR) is 94.9 cm³/mol. The highest BCUT2D eigenvalue weighted by Gasteiger charge is 2.28. The molecule has 1 atom stereocenters. The van der Waals surface area contributed by atoms with Crippen LogP contribution < -0.4 is 0 Å². The molecule has 26 heavy (non-hydrogen) atoms. The van der Waals surface area contributed by atoms with Crippen LogP contribution >= 0.6 is 0 Å². The lowest BCUT2D eigenvalue weighted by molar-refractivity contribution is 0.0703. The summed E-state index contributed by atoms with van der Waals surface area (Å²) in [5.74, 6) is 2.02. The maximum absolute atomic E-state index is 13.0. The molecular formula is C18H21N7O. The number of hydrogen-bond acceptors (Lipinski definition) is 5. The maximum Gasteiger partial charge on any atom is 0.254 e. The zero-order valence-corrected chi connectivity index (χ0v) is 14.7. The number of carbonyl (C=O) groups is 1. The van der Waals surface area contributed by atoms with Crippen molar-refractivity contribution in [1.82, 2.24) is 34.2 Å². The molecule has 0 aliphatic carbocycles. The molecule has 134 valence electrons. The van der Waals surface area contributed by atoms with Crippen LogP contribution in [0.15, 0.2) is 43.4 Å². The molecule has 3 aromatic rings. The Labute approximate surface area is 151 Å². The Morgan fingerprint density at radius 1 is 1.23 bits per heavy atom. The predicted octanol–water partition coefficient (Wildman–Crippen LogP) is 1.90. The molecule has 1 aliphatic heterocycles. The van der Waals surface area contributed by atoms with E-state index < -0.39 is 0 Å². The second-order valence-corrected chi connectivity index (χ2v) is 6.43. The first-order chi connectivity index (χ1) is 12.8. The zero-order valence-electron chi connectivity index (χ0n) is 14.7. The molecule has 4 rings (SSSR count). The molecule has 1 amide bonds. The summed E-state index contributed by atoms with van der Waals surface area (Å²) in [5, 5.41) is 7.57. The molecule has 0 bridgehead atoms. The van der Waals surface area contributed by atoms with Crippen molar-refractivity contribution in [2.24, 2.45) is 0 Å². The fraction of sp³-hybridized carbons (Fsp3) is 0.389. The first-order valence-corrected chi connectivity index (χ1v) is 8.87. The Balaban J connectivity index is 1.54. The van der Waals surface area contributed by atoms with Gasteiger partial charge in [0.05, 0.1) is 0 Å². The molecule has 8 nitrogen and oxygen atoms in total. The topological polar surface area (TPSA) is 81.7 Å². The van der Waals surface area contributed by atoms with E-state index in [0.29, 0.717) is 17.9 Å². The van der Waals surface area contributed by atoms with Crippen LogP contribution in [0.25, 0.3) is 5.82 Å². The number of aryl methyl sites for hydroxylation is 1. The van der Waals surface area contributed by atoms with Gasteiger partial charge in [0.15, 0.2) is 0 Å². The summed E-state index contributed by atoms with van der Waals surface area (Å²) in [5.41, 5.74) is 0.628. The van der Waals surface area contributed by atoms with Gasteiger partial charge in [-0.1, -0.05) is 0 Å². The summed E-state index contributed by atoms with van der Waals surface area (Å²) in [6.45, 7) is 4.47. The standard InChI is InChI=1S/C18H21N7O/c1-2-23-9-7-20-17(23)15-4-3-8-24(11-15)18(26)14-5-6-19-16(10-14)25-12-21-22-13-25/h5-7,9-10,12-13,15H,2-4,8,11H2,1H3. The van der Waals surface area contributed by atoms with Gasteiger partial charge in [0.2, 0.25) is 0 Å². The number of carbonyl (C=O) groups excluding carboxylic acids is 1. The van der Waals surface area contributed by atoms with Crippen LogP contribution in [0.2, 0.25) is 0 Å². The fourth-order valence-corrected chi connectivity index (χ4v) is 3.51. The molecule has 1 fully saturated rings. The van der Waals surface area contributed by atoms with E-state index in [0.717, 1.165) is 31.8 Å². The van der Waals surface area contributed by atoms with Crippen LogP contribution in [0, 0.1) is 0 Å². The lowest BCUT2D eigenvalue weighted by Crippen LogP contribution is -2.39. The zero-order chi connectivity index (χ0) is 17.9. The van der Waals surface area contributed by atoms with Gasteiger partial charge in [0.25, 0.3) is 5.91 Å². The largest absolute Gasteiger partial charge is 0.338 e. The highest BCUT2D eigenvalue weighted by Crippen LogP contribution is 2.27. The van der Waals surface area contributed by atoms with E-state index in [1.807, 2.05) is 17.3 Å². The van der Waals surface area contributed by atoms with Gasteiger partial charge < -0.3 is 9.47 Å². The van der Waals surface area contributed by atoms with Gasteiger partial charge in [0.1, 0.15) is 24.3 Å². The van der Waals surface area contributed by atoms with Crippen molar-refractivity contribution in [2.45, 2.75) is 32.2 Å². The molecule has 0 N–H and O–H groups in total. The minimum Gasteiger partial charge on any atom is -0.338 e. The van der Waals surface area contributed by atoms with Crippen molar-refractivity contribution in [1.29, 1.82) is 0 Å². The number of imidazole rings is 1. The summed E-state index contributed by atoms with van der Waals surface area (Å²) in [6.07, 6.45) is 10.7. The Morgan fingerprint density at radius 3 is 2.88 bits per heavy atom. The van der Waals surface area contributed by atoms with Crippen molar-refractivity contribution in [3.63, 3.8) is 0 Å². The minimum atomic E-state index is 0.0287. The SMILES string of the molecule is CCn1ccnc1C1CCCN(C(=O)c2ccnc(-n3cnnc3)c2)C1. The lowest BCUT2D eigenvalue weighted by atomic mass is 9.96. The summed E-state index contributed by atoms with van der Waals surface area (Å²) in [7, 11) is 0. The van der Waals surface area contributed by atoms with Gasteiger partial charge >= 0.3 is 0 Å². The number of amides is 1. The third-order valence-electron chi connectivity index (χ3n) is 4.84. The normalized spacial score (nSPS) is 17.4. The van der Waals surface area contributed by atoms with Crippen LogP contribution in [-0.4, -0.2) is 53.2 Å². The highest BCUT2D eigenvalue weighted by molar-refractivity contribution is 5.94. The van der Waals surface area contributed by atoms with E-state index >= 15 is 0 Å². The number of rotatable bonds is 4. The van der Waals surface area contributed by atoms with Crippen molar-refractivity contribution < 1.29 is 4.79 Å². The second kappa shape index (κ2) is 7.07. The first kappa shape index (κ1) is 16.4. The molecule has 0 radical (unpaired) electrons. The molecule has 1 saturated heterocycles. The van der Waals surface area contributed by atoms with Crippen LogP contribution in [0.1, 0.15) is 41.9 Å². The van der Waals surface area contributed by atoms with Gasteiger partial charge in [-0.25, -0.2) is 9.97 Å². The van der Waals surface area contributed by atoms with Gasteiger partial charge in [-0.3, -0.25) is 9.36 Å². The Kier molecular flexibility index (Phi) is 4.47. The average molecular weight is 351 g/mol. The Bertz CT molecular complexity index is 887. The average Bonchev–Trinajstić information content (AvgIpc) is 3.39. The first-order valence-electron chi connectivity index (χ1n) is 8.87. The van der Waals surface area contributed by atoms with Gasteiger partial charge in [-0.15, -0.1) is 10.2 Å². The van der Waals surface area contributed by atoms with Crippen molar-refractivity contribution in [2.75, 3.05) is 13.1 Å². The van der Waals surface area contributed by atoms with E-state index in [9.17, 15) is 4.79 Å². The van der Waals surface area contributed by atoms with Gasteiger partial charge in [0, 0.05) is 49.7 Å². The molecule has 3 aromatic heterocycles. The van der Waals surface area contributed by atoms with E-state index in [1.165, 1.54) is 0 Å². The number of likely N-dealkylation sites (tertiary alicyclic amines) is 1. The minimum absolute atomic E-state index is 0.0287. The Hall–Kier alpha value is -3.03. The molecule has 0 spiro atoms. The number of aromatic nitrogens is 6. The maximum atomic E-state index is 13.0. The highest BCUT2D eigenvalue weighted by atomic mass is 16.2. The van der Waals surface area contributed by atoms with Crippen LogP contribution in [0.4, 0.5) is 0 Å². The third-order valence-corrected chi connectivity index (χ3v) is 4.84. The number of piperidine rings is 1. The molecule has 0 saturated carbocycles. The fourth-order valence-electron chi connectivity index (χ4n) is 3.51. The van der Waals surface area contributed by atoms with Crippen molar-refractivity contribution >= 4 is 5.91 Å². The van der Waals surface area contributed by atoms with Crippen LogP contribution in [-0.2, 0) is 6.54 Å². The molecule has 1 aliphatic rings. The van der Waals surface area contributed by atoms with Crippen molar-refractivity contribution in [3.05, 3.63) is 54.8 Å². The van der Waals surface area contributed by atoms with Crippen LogP contribution in [0.3, 0.4) is 0 Å². The summed E-state index contributed by atoms with van der Waals surface area (Å²) in [4.78, 5) is 23.8. The summed E-state index contributed by atoms with van der Waals surface area (Å²) in [6, 6.07) is 3.54. The molecule has 1 unspecified atom stereocenters. The molecule has 0 aromatic carbocycles. The third kappa shape index (κ3) is 3.10. The number of hydrogen-bond donors (Lipinski definition) is 0. The number of pyridine rings is 1. The van der Waals surface area contributed by atoms with Gasteiger partial charge in [-0.05, 0) is 31.9 Å². The van der Waals surface area contributed by atoms with E-state index in [-0.39, 0.29) is 11.8 Å². The smallest absolute Gasteiger partial charge is 0.254 e. The van der Waals surface area contributed by atoms with E-state index in [4.69, 9.17) is 0 Å². The molecule has 8 heteroatoms. The lowest BCUT2D eigenvalue weighted by Gasteiger charge is -2.32. The number of nitrogens with zero attached hydrogens (tertiary/aromatic N) is 7. The quantitative estimate of drug-likeness (QED) is 0.717. The summed E-state index contributed by atoms with van der Waals surface area (Å²) >= 11 is 0.